The van der Waals surface area contributed by atoms with Crippen molar-refractivity contribution >= 4 is 5.82 Å². The largest absolute Gasteiger partial charge is 0.497 e. The molecule has 1 fully saturated rings. The van der Waals surface area contributed by atoms with Crippen LogP contribution in [0.5, 0.6) is 17.5 Å². The first-order chi connectivity index (χ1) is 13.1. The maximum atomic E-state index is 13.1. The molecule has 2 N–H and O–H groups in total. The number of piperidine rings is 1. The van der Waals surface area contributed by atoms with E-state index in [1.54, 1.807) is 7.11 Å². The van der Waals surface area contributed by atoms with Crippen LogP contribution in [-0.2, 0) is 0 Å². The third kappa shape index (κ3) is 5.68. The fourth-order valence-electron chi connectivity index (χ4n) is 2.97. The van der Waals surface area contributed by atoms with E-state index in [1.165, 1.54) is 0 Å². The molecule has 27 heavy (non-hydrogen) atoms. The Balaban J connectivity index is 1.32. The van der Waals surface area contributed by atoms with Crippen LogP contribution in [0.25, 0.3) is 0 Å². The highest BCUT2D eigenvalue weighted by molar-refractivity contribution is 5.31. The Bertz CT molecular complexity index is 721. The average Bonchev–Trinajstić information content (AvgIpc) is 2.70. The molecule has 1 saturated heterocycles. The number of aromatic nitrogens is 2. The number of hydrogen-bond donors (Lipinski definition) is 1. The summed E-state index contributed by atoms with van der Waals surface area (Å²) < 4.78 is 29.7. The van der Waals surface area contributed by atoms with Gasteiger partial charge in [-0.1, -0.05) is 0 Å². The Morgan fingerprint density at radius 2 is 1.89 bits per heavy atom. The lowest BCUT2D eigenvalue weighted by Gasteiger charge is -2.31. The van der Waals surface area contributed by atoms with Gasteiger partial charge < -0.3 is 24.8 Å². The van der Waals surface area contributed by atoms with Gasteiger partial charge in [0.15, 0.2) is 11.6 Å². The van der Waals surface area contributed by atoms with Crippen LogP contribution >= 0.6 is 0 Å². The molecule has 0 amide bonds. The minimum absolute atomic E-state index is 0.0293. The van der Waals surface area contributed by atoms with Crippen molar-refractivity contribution in [1.29, 1.82) is 0 Å². The lowest BCUT2D eigenvalue weighted by Crippen LogP contribution is -2.39. The van der Waals surface area contributed by atoms with E-state index in [0.29, 0.717) is 6.61 Å². The van der Waals surface area contributed by atoms with Gasteiger partial charge in [-0.2, -0.15) is 4.98 Å². The Labute approximate surface area is 158 Å². The fraction of sp³-hybridized carbons (Fsp3) is 0.474. The summed E-state index contributed by atoms with van der Waals surface area (Å²) in [5, 5.41) is 0. The summed E-state index contributed by atoms with van der Waals surface area (Å²) >= 11 is 0. The highest BCUT2D eigenvalue weighted by Gasteiger charge is 2.21. The molecule has 3 rings (SSSR count). The molecule has 1 aromatic heterocycles. The first-order valence-corrected chi connectivity index (χ1v) is 9.08. The molecule has 0 atom stereocenters. The molecule has 2 aromatic rings. The molecule has 0 spiro atoms. The van der Waals surface area contributed by atoms with Crippen molar-refractivity contribution in [2.75, 3.05) is 39.1 Å². The van der Waals surface area contributed by atoms with Crippen LogP contribution in [0.1, 0.15) is 19.3 Å². The quantitative estimate of drug-likeness (QED) is 0.709. The Morgan fingerprint density at radius 3 is 2.56 bits per heavy atom. The van der Waals surface area contributed by atoms with Gasteiger partial charge in [-0.25, -0.2) is 9.37 Å². The molecule has 0 unspecified atom stereocenters. The molecule has 7 nitrogen and oxygen atoms in total. The molecular weight excluding hydrogens is 351 g/mol. The molecule has 0 saturated carbocycles. The van der Waals surface area contributed by atoms with E-state index in [-0.39, 0.29) is 17.9 Å². The zero-order chi connectivity index (χ0) is 19.1. The number of rotatable bonds is 8. The maximum Gasteiger partial charge on any atom is 0.318 e. The second-order valence-corrected chi connectivity index (χ2v) is 6.42. The molecule has 146 valence electrons. The zero-order valence-corrected chi connectivity index (χ0v) is 15.4. The molecule has 2 heterocycles. The molecular formula is C19H25FN4O3. The number of hydrogen-bond acceptors (Lipinski definition) is 7. The Kier molecular flexibility index (Phi) is 6.64. The summed E-state index contributed by atoms with van der Waals surface area (Å²) in [5.74, 6) is 0.853. The van der Waals surface area contributed by atoms with Crippen molar-refractivity contribution in [2.24, 2.45) is 0 Å². The topological polar surface area (TPSA) is 82.7 Å². The number of likely N-dealkylation sites (tertiary alicyclic amines) is 1. The maximum absolute atomic E-state index is 13.1. The summed E-state index contributed by atoms with van der Waals surface area (Å²) in [4.78, 5) is 10.0. The number of benzene rings is 1. The van der Waals surface area contributed by atoms with Gasteiger partial charge in [0.2, 0.25) is 0 Å². The van der Waals surface area contributed by atoms with E-state index >= 15 is 0 Å². The predicted octanol–water partition coefficient (Wildman–Crippen LogP) is 2.52. The standard InChI is InChI=1S/C19H25FN4O3/c1-25-14-3-5-15(6-4-14)26-12-2-9-24-10-7-16(8-11-24)27-19-22-13-17(20)18(21)23-19/h3-6,13,16H,2,7-12H2,1H3,(H2,21,22,23). The van der Waals surface area contributed by atoms with Crippen molar-refractivity contribution in [3.8, 4) is 17.5 Å². The minimum atomic E-state index is -0.631. The number of halogens is 1. The third-order valence-corrected chi connectivity index (χ3v) is 4.50. The first kappa shape index (κ1) is 19.2. The molecule has 0 radical (unpaired) electrons. The normalized spacial score (nSPS) is 15.5. The van der Waals surface area contributed by atoms with Crippen LogP contribution in [-0.4, -0.2) is 54.3 Å². The second kappa shape index (κ2) is 9.36. The van der Waals surface area contributed by atoms with Gasteiger partial charge in [0.25, 0.3) is 0 Å². The summed E-state index contributed by atoms with van der Waals surface area (Å²) in [6, 6.07) is 7.73. The van der Waals surface area contributed by atoms with Crippen LogP contribution in [0.3, 0.4) is 0 Å². The van der Waals surface area contributed by atoms with Gasteiger partial charge in [-0.3, -0.25) is 0 Å². The molecule has 0 bridgehead atoms. The van der Waals surface area contributed by atoms with Gasteiger partial charge in [0, 0.05) is 19.6 Å². The van der Waals surface area contributed by atoms with Crippen LogP contribution in [0.15, 0.2) is 30.5 Å². The fourth-order valence-corrected chi connectivity index (χ4v) is 2.97. The highest BCUT2D eigenvalue weighted by Crippen LogP contribution is 2.19. The molecule has 1 aliphatic heterocycles. The van der Waals surface area contributed by atoms with E-state index in [9.17, 15) is 4.39 Å². The van der Waals surface area contributed by atoms with Crippen LogP contribution in [0.2, 0.25) is 0 Å². The lowest BCUT2D eigenvalue weighted by molar-refractivity contribution is 0.0897. The average molecular weight is 376 g/mol. The van der Waals surface area contributed by atoms with Crippen LogP contribution < -0.4 is 19.9 Å². The molecule has 0 aliphatic carbocycles. The van der Waals surface area contributed by atoms with Crippen LogP contribution in [0.4, 0.5) is 10.2 Å². The van der Waals surface area contributed by atoms with Crippen molar-refractivity contribution in [2.45, 2.75) is 25.4 Å². The van der Waals surface area contributed by atoms with E-state index in [4.69, 9.17) is 19.9 Å². The van der Waals surface area contributed by atoms with Crippen molar-refractivity contribution in [1.82, 2.24) is 14.9 Å². The number of anilines is 1. The Morgan fingerprint density at radius 1 is 1.19 bits per heavy atom. The second-order valence-electron chi connectivity index (χ2n) is 6.42. The summed E-state index contributed by atoms with van der Waals surface area (Å²) in [6.45, 7) is 3.52. The minimum Gasteiger partial charge on any atom is -0.497 e. The third-order valence-electron chi connectivity index (χ3n) is 4.50. The predicted molar refractivity (Wildman–Crippen MR) is 99.6 cm³/mol. The number of nitrogen functional groups attached to an aromatic ring is 1. The van der Waals surface area contributed by atoms with E-state index < -0.39 is 5.82 Å². The lowest BCUT2D eigenvalue weighted by atomic mass is 10.1. The van der Waals surface area contributed by atoms with Gasteiger partial charge >= 0.3 is 6.01 Å². The number of nitrogens with zero attached hydrogens (tertiary/aromatic N) is 3. The van der Waals surface area contributed by atoms with Crippen molar-refractivity contribution in [3.05, 3.63) is 36.3 Å². The summed E-state index contributed by atoms with van der Waals surface area (Å²) in [7, 11) is 1.65. The smallest absolute Gasteiger partial charge is 0.318 e. The van der Waals surface area contributed by atoms with Gasteiger partial charge in [-0.15, -0.1) is 0 Å². The number of nitrogens with two attached hydrogens (primary N) is 1. The molecule has 1 aromatic carbocycles. The molecule has 1 aliphatic rings. The van der Waals surface area contributed by atoms with Gasteiger partial charge in [0.05, 0.1) is 19.9 Å². The van der Waals surface area contributed by atoms with E-state index in [2.05, 4.69) is 14.9 Å². The molecule has 8 heteroatoms. The number of methoxy groups -OCH3 is 1. The summed E-state index contributed by atoms with van der Waals surface area (Å²) in [5.41, 5.74) is 5.44. The van der Waals surface area contributed by atoms with E-state index in [0.717, 1.165) is 56.6 Å². The van der Waals surface area contributed by atoms with Crippen molar-refractivity contribution < 1.29 is 18.6 Å². The number of ether oxygens (including phenoxy) is 3. The van der Waals surface area contributed by atoms with Gasteiger partial charge in [-0.05, 0) is 43.5 Å². The SMILES string of the molecule is COc1ccc(OCCCN2CCC(Oc3ncc(F)c(N)n3)CC2)cc1. The van der Waals surface area contributed by atoms with Crippen molar-refractivity contribution in [3.63, 3.8) is 0 Å². The van der Waals surface area contributed by atoms with Crippen LogP contribution in [0, 0.1) is 5.82 Å². The summed E-state index contributed by atoms with van der Waals surface area (Å²) in [6.07, 6.45) is 3.77. The van der Waals surface area contributed by atoms with E-state index in [1.807, 2.05) is 24.3 Å². The highest BCUT2D eigenvalue weighted by atomic mass is 19.1. The Hall–Kier alpha value is -2.61. The van der Waals surface area contributed by atoms with Gasteiger partial charge in [0.1, 0.15) is 17.6 Å². The zero-order valence-electron chi connectivity index (χ0n) is 15.4. The first-order valence-electron chi connectivity index (χ1n) is 9.08. The monoisotopic (exact) mass is 376 g/mol.